The number of fused-ring (bicyclic) bond motifs is 5. The molecule has 6 aromatic carbocycles. The Morgan fingerprint density at radius 1 is 0.438 bits per heavy atom. The fraction of sp³-hybridized carbons (Fsp3) is 0.136. The Bertz CT molecular complexity index is 2190. The van der Waals surface area contributed by atoms with Gasteiger partial charge in [0.15, 0.2) is 0 Å². The van der Waals surface area contributed by atoms with Gasteiger partial charge >= 0.3 is 0 Å². The second kappa shape index (κ2) is 11.4. The average Bonchev–Trinajstić information content (AvgIpc) is 3.57. The second-order valence-corrected chi connectivity index (χ2v) is 18.1. The highest BCUT2D eigenvalue weighted by molar-refractivity contribution is 7.05. The van der Waals surface area contributed by atoms with Gasteiger partial charge in [-0.2, -0.15) is 0 Å². The summed E-state index contributed by atoms with van der Waals surface area (Å²) < 4.78 is 6.94. The normalized spacial score (nSPS) is 13.0. The number of anilines is 6. The van der Waals surface area contributed by atoms with Gasteiger partial charge in [-0.15, -0.1) is 0 Å². The lowest BCUT2D eigenvalue weighted by molar-refractivity contribution is 0.635. The molecule has 0 spiro atoms. The summed E-state index contributed by atoms with van der Waals surface area (Å²) >= 11 is 0. The van der Waals surface area contributed by atoms with Crippen LogP contribution in [-0.4, -0.2) is 8.07 Å². The Kier molecular flexibility index (Phi) is 7.15. The summed E-state index contributed by atoms with van der Waals surface area (Å²) in [4.78, 5) is 4.68. The lowest BCUT2D eigenvalue weighted by Crippen LogP contribution is -2.49. The molecule has 4 heteroatoms. The summed E-state index contributed by atoms with van der Waals surface area (Å²) in [6.07, 6.45) is 0. The number of aryl methyl sites for hydroxylation is 4. The second-order valence-electron chi connectivity index (χ2n) is 13.9. The van der Waals surface area contributed by atoms with Crippen molar-refractivity contribution in [2.24, 2.45) is 0 Å². The Morgan fingerprint density at radius 3 is 1.25 bits per heavy atom. The predicted molar refractivity (Wildman–Crippen MR) is 207 cm³/mol. The zero-order valence-electron chi connectivity index (χ0n) is 28.5. The maximum atomic E-state index is 6.94. The molecule has 0 amide bonds. The van der Waals surface area contributed by atoms with Crippen molar-refractivity contribution < 1.29 is 4.42 Å². The molecule has 0 saturated carbocycles. The summed E-state index contributed by atoms with van der Waals surface area (Å²) in [6.45, 7) is 13.5. The van der Waals surface area contributed by atoms with E-state index in [0.717, 1.165) is 45.5 Å². The molecule has 0 saturated heterocycles. The minimum atomic E-state index is -2.04. The van der Waals surface area contributed by atoms with Gasteiger partial charge < -0.3 is 14.2 Å². The minimum Gasteiger partial charge on any atom is -0.456 e. The van der Waals surface area contributed by atoms with Crippen LogP contribution in [0.2, 0.25) is 13.1 Å². The van der Waals surface area contributed by atoms with E-state index >= 15 is 0 Å². The fourth-order valence-corrected chi connectivity index (χ4v) is 10.5. The maximum Gasteiger partial charge on any atom is 0.136 e. The van der Waals surface area contributed by atoms with Crippen LogP contribution in [0.3, 0.4) is 0 Å². The van der Waals surface area contributed by atoms with Crippen LogP contribution in [0.4, 0.5) is 34.1 Å². The van der Waals surface area contributed by atoms with Crippen LogP contribution >= 0.6 is 0 Å². The molecule has 1 aromatic heterocycles. The van der Waals surface area contributed by atoms with Gasteiger partial charge in [0, 0.05) is 51.1 Å². The van der Waals surface area contributed by atoms with Crippen molar-refractivity contribution in [1.82, 2.24) is 0 Å². The zero-order chi connectivity index (χ0) is 33.2. The fourth-order valence-electron chi connectivity index (χ4n) is 7.24. The van der Waals surface area contributed by atoms with Gasteiger partial charge in [0.1, 0.15) is 19.4 Å². The third kappa shape index (κ3) is 5.04. The van der Waals surface area contributed by atoms with E-state index in [1.807, 2.05) is 0 Å². The zero-order valence-corrected chi connectivity index (χ0v) is 29.5. The Labute approximate surface area is 284 Å². The largest absolute Gasteiger partial charge is 0.456 e. The summed E-state index contributed by atoms with van der Waals surface area (Å²) in [5, 5.41) is 4.05. The van der Waals surface area contributed by atoms with Crippen molar-refractivity contribution in [2.75, 3.05) is 9.80 Å². The Morgan fingerprint density at radius 2 is 0.812 bits per heavy atom. The van der Waals surface area contributed by atoms with Crippen molar-refractivity contribution in [1.29, 1.82) is 0 Å². The topological polar surface area (TPSA) is 19.6 Å². The van der Waals surface area contributed by atoms with E-state index in [1.165, 1.54) is 43.6 Å². The predicted octanol–water partition coefficient (Wildman–Crippen LogP) is 11.4. The van der Waals surface area contributed by atoms with Crippen LogP contribution in [0.15, 0.2) is 138 Å². The molecule has 0 N–H and O–H groups in total. The molecule has 0 radical (unpaired) electrons. The van der Waals surface area contributed by atoms with E-state index in [2.05, 4.69) is 184 Å². The summed E-state index contributed by atoms with van der Waals surface area (Å²) in [5.74, 6) is 1.03. The van der Waals surface area contributed by atoms with Gasteiger partial charge in [-0.25, -0.2) is 0 Å². The van der Waals surface area contributed by atoms with Gasteiger partial charge in [-0.1, -0.05) is 89.9 Å². The van der Waals surface area contributed by atoms with E-state index in [1.54, 1.807) is 0 Å². The Balaban J connectivity index is 1.27. The van der Waals surface area contributed by atoms with Gasteiger partial charge in [0.05, 0.1) is 0 Å². The first-order chi connectivity index (χ1) is 23.2. The summed E-state index contributed by atoms with van der Waals surface area (Å²) in [7, 11) is -2.04. The highest BCUT2D eigenvalue weighted by atomic mass is 28.3. The molecule has 236 valence electrons. The first-order valence-corrected chi connectivity index (χ1v) is 19.8. The van der Waals surface area contributed by atoms with Crippen molar-refractivity contribution in [2.45, 2.75) is 40.8 Å². The third-order valence-corrected chi connectivity index (χ3v) is 13.4. The number of furan rings is 1. The molecular weight excluding hydrogens is 601 g/mol. The maximum absolute atomic E-state index is 6.94. The van der Waals surface area contributed by atoms with Crippen LogP contribution in [0.1, 0.15) is 22.3 Å². The lowest BCUT2D eigenvalue weighted by Gasteiger charge is -2.27. The van der Waals surface area contributed by atoms with Crippen molar-refractivity contribution in [3.8, 4) is 11.3 Å². The van der Waals surface area contributed by atoms with Crippen molar-refractivity contribution in [3.05, 3.63) is 156 Å². The SMILES string of the molecule is Cc1ccc(N(c2ccc(C)cc2)c2ccc3c(c2)-c2oc4cc(N(c5ccc(C)cc5)c5ccc(C)cc5)ccc4c2[Si]3(C)C)cc1. The van der Waals surface area contributed by atoms with Crippen molar-refractivity contribution in [3.63, 3.8) is 0 Å². The molecule has 8 rings (SSSR count). The smallest absolute Gasteiger partial charge is 0.136 e. The van der Waals surface area contributed by atoms with Crippen LogP contribution in [-0.2, 0) is 0 Å². The van der Waals surface area contributed by atoms with E-state index in [0.29, 0.717) is 0 Å². The van der Waals surface area contributed by atoms with Crippen LogP contribution in [0.5, 0.6) is 0 Å². The Hall–Kier alpha value is -5.32. The van der Waals surface area contributed by atoms with Gasteiger partial charge in [0.25, 0.3) is 0 Å². The number of rotatable bonds is 6. The van der Waals surface area contributed by atoms with Crippen LogP contribution in [0.25, 0.3) is 22.3 Å². The molecule has 0 unspecified atom stereocenters. The first-order valence-electron chi connectivity index (χ1n) is 16.8. The summed E-state index contributed by atoms with van der Waals surface area (Å²) in [6, 6.07) is 48.9. The van der Waals surface area contributed by atoms with Gasteiger partial charge in [-0.05, 0) is 111 Å². The van der Waals surface area contributed by atoms with Gasteiger partial charge in [-0.3, -0.25) is 0 Å². The van der Waals surface area contributed by atoms with Crippen LogP contribution in [0, 0.1) is 27.7 Å². The molecule has 0 fully saturated rings. The van der Waals surface area contributed by atoms with Crippen LogP contribution < -0.4 is 20.2 Å². The van der Waals surface area contributed by atoms with E-state index in [4.69, 9.17) is 4.42 Å². The lowest BCUT2D eigenvalue weighted by atomic mass is 10.1. The van der Waals surface area contributed by atoms with Crippen molar-refractivity contribution >= 4 is 63.5 Å². The first kappa shape index (κ1) is 30.0. The number of hydrogen-bond acceptors (Lipinski definition) is 3. The molecule has 1 aliphatic heterocycles. The van der Waals surface area contributed by atoms with E-state index in [9.17, 15) is 0 Å². The summed E-state index contributed by atoms with van der Waals surface area (Å²) in [5.41, 5.74) is 13.9. The molecule has 2 heterocycles. The monoisotopic (exact) mass is 640 g/mol. The molecule has 3 nitrogen and oxygen atoms in total. The molecule has 7 aromatic rings. The molecular formula is C44H40N2OSi. The minimum absolute atomic E-state index is 0.937. The number of nitrogens with zero attached hydrogens (tertiary/aromatic N) is 2. The third-order valence-electron chi connectivity index (χ3n) is 9.90. The molecule has 0 atom stereocenters. The quantitative estimate of drug-likeness (QED) is 0.169. The molecule has 0 bridgehead atoms. The number of benzene rings is 6. The molecule has 48 heavy (non-hydrogen) atoms. The van der Waals surface area contributed by atoms with Gasteiger partial charge in [0.2, 0.25) is 0 Å². The molecule has 0 aliphatic carbocycles. The van der Waals surface area contributed by atoms with E-state index < -0.39 is 8.07 Å². The van der Waals surface area contributed by atoms with E-state index in [-0.39, 0.29) is 0 Å². The highest BCUT2D eigenvalue weighted by Gasteiger charge is 2.42. The average molecular weight is 641 g/mol. The highest BCUT2D eigenvalue weighted by Crippen LogP contribution is 2.42. The number of hydrogen-bond donors (Lipinski definition) is 0. The molecule has 1 aliphatic rings. The standard InChI is InChI=1S/C44H40N2OSi/c1-29-7-15-33(16-8-29)45(34-17-9-30(2)10-18-34)37-24-26-42-40(27-37)43-44(48(42,5)6)39-25-23-38(28-41(39)47-43)46(35-19-11-31(3)12-20-35)36-21-13-32(4)14-22-36/h7-28H,1-6H3.